The van der Waals surface area contributed by atoms with Gasteiger partial charge in [-0.2, -0.15) is 5.10 Å². The second-order valence-corrected chi connectivity index (χ2v) is 4.97. The molecule has 0 bridgehead atoms. The molecule has 0 saturated carbocycles. The van der Waals surface area contributed by atoms with Gasteiger partial charge in [-0.3, -0.25) is 4.90 Å². The number of aromatic nitrogens is 3. The van der Waals surface area contributed by atoms with Crippen molar-refractivity contribution in [1.82, 2.24) is 19.7 Å². The fraction of sp³-hybridized carbons (Fsp3) is 0.846. The monoisotopic (exact) mass is 236 g/mol. The lowest BCUT2D eigenvalue weighted by Crippen LogP contribution is -2.33. The number of likely N-dealkylation sites (tertiary alicyclic amines) is 1. The minimum Gasteiger partial charge on any atom is -0.294 e. The van der Waals surface area contributed by atoms with Gasteiger partial charge >= 0.3 is 0 Å². The van der Waals surface area contributed by atoms with Gasteiger partial charge in [0.05, 0.1) is 6.04 Å². The van der Waals surface area contributed by atoms with Crippen LogP contribution in [0.15, 0.2) is 6.33 Å². The standard InChI is InChI=1S/C13H24N4/c1-3-4-10-17-13(14-11-15-17)12(2)16-8-6-5-7-9-16/h11-12H,3-10H2,1-2H3. The van der Waals surface area contributed by atoms with Crippen molar-refractivity contribution in [2.75, 3.05) is 13.1 Å². The summed E-state index contributed by atoms with van der Waals surface area (Å²) in [6.45, 7) is 7.90. The van der Waals surface area contributed by atoms with Crippen LogP contribution in [0.2, 0.25) is 0 Å². The van der Waals surface area contributed by atoms with Crippen LogP contribution < -0.4 is 0 Å². The van der Waals surface area contributed by atoms with Gasteiger partial charge in [0, 0.05) is 6.54 Å². The number of nitrogens with zero attached hydrogens (tertiary/aromatic N) is 4. The summed E-state index contributed by atoms with van der Waals surface area (Å²) >= 11 is 0. The van der Waals surface area contributed by atoms with Crippen molar-refractivity contribution in [3.8, 4) is 0 Å². The van der Waals surface area contributed by atoms with Crippen LogP contribution in [-0.4, -0.2) is 32.8 Å². The van der Waals surface area contributed by atoms with Gasteiger partial charge in [0.1, 0.15) is 12.2 Å². The molecule has 4 heteroatoms. The zero-order valence-electron chi connectivity index (χ0n) is 11.1. The summed E-state index contributed by atoms with van der Waals surface area (Å²) in [4.78, 5) is 6.99. The molecule has 2 rings (SSSR count). The molecule has 0 radical (unpaired) electrons. The molecule has 1 aromatic rings. The molecule has 1 saturated heterocycles. The lowest BCUT2D eigenvalue weighted by Gasteiger charge is -2.31. The molecule has 1 aliphatic rings. The molecule has 1 aliphatic heterocycles. The smallest absolute Gasteiger partial charge is 0.143 e. The van der Waals surface area contributed by atoms with Crippen molar-refractivity contribution in [3.05, 3.63) is 12.2 Å². The van der Waals surface area contributed by atoms with Crippen molar-refractivity contribution in [1.29, 1.82) is 0 Å². The maximum atomic E-state index is 4.45. The molecule has 0 aromatic carbocycles. The van der Waals surface area contributed by atoms with E-state index >= 15 is 0 Å². The summed E-state index contributed by atoms with van der Waals surface area (Å²) in [5.74, 6) is 1.14. The second kappa shape index (κ2) is 6.15. The predicted octanol–water partition coefficient (Wildman–Crippen LogP) is 2.63. The first kappa shape index (κ1) is 12.6. The fourth-order valence-corrected chi connectivity index (χ4v) is 2.55. The Morgan fingerprint density at radius 1 is 1.29 bits per heavy atom. The first-order valence-electron chi connectivity index (χ1n) is 6.94. The summed E-state index contributed by atoms with van der Waals surface area (Å²) in [6.07, 6.45) is 8.12. The summed E-state index contributed by atoms with van der Waals surface area (Å²) in [5, 5.41) is 4.35. The number of hydrogen-bond acceptors (Lipinski definition) is 3. The lowest BCUT2D eigenvalue weighted by atomic mass is 10.1. The first-order chi connectivity index (χ1) is 8.33. The average Bonchev–Trinajstić information content (AvgIpc) is 2.84. The van der Waals surface area contributed by atoms with E-state index in [4.69, 9.17) is 0 Å². The third kappa shape index (κ3) is 3.06. The molecule has 1 unspecified atom stereocenters. The van der Waals surface area contributed by atoms with Gasteiger partial charge in [0.15, 0.2) is 0 Å². The highest BCUT2D eigenvalue weighted by Gasteiger charge is 2.21. The zero-order chi connectivity index (χ0) is 12.1. The Bertz CT molecular complexity index is 328. The highest BCUT2D eigenvalue weighted by Crippen LogP contribution is 2.22. The van der Waals surface area contributed by atoms with Crippen molar-refractivity contribution in [2.45, 2.75) is 58.5 Å². The van der Waals surface area contributed by atoms with Gasteiger partial charge in [0.2, 0.25) is 0 Å². The van der Waals surface area contributed by atoms with Crippen molar-refractivity contribution < 1.29 is 0 Å². The van der Waals surface area contributed by atoms with E-state index in [1.165, 1.54) is 45.2 Å². The van der Waals surface area contributed by atoms with E-state index < -0.39 is 0 Å². The van der Waals surface area contributed by atoms with Gasteiger partial charge in [-0.05, 0) is 39.3 Å². The molecule has 0 spiro atoms. The number of unbranched alkanes of at least 4 members (excludes halogenated alkanes) is 1. The predicted molar refractivity (Wildman–Crippen MR) is 68.8 cm³/mol. The third-order valence-electron chi connectivity index (χ3n) is 3.68. The number of rotatable bonds is 5. The van der Waals surface area contributed by atoms with Crippen LogP contribution in [-0.2, 0) is 6.54 Å². The quantitative estimate of drug-likeness (QED) is 0.788. The first-order valence-corrected chi connectivity index (χ1v) is 6.94. The van der Waals surface area contributed by atoms with Crippen LogP contribution in [0, 0.1) is 0 Å². The van der Waals surface area contributed by atoms with E-state index in [9.17, 15) is 0 Å². The second-order valence-electron chi connectivity index (χ2n) is 4.97. The molecule has 1 aromatic heterocycles. The molecule has 0 N–H and O–H groups in total. The molecule has 96 valence electrons. The normalized spacial score (nSPS) is 19.4. The average molecular weight is 236 g/mol. The SMILES string of the molecule is CCCCn1ncnc1C(C)N1CCCCC1. The number of aryl methyl sites for hydroxylation is 1. The largest absolute Gasteiger partial charge is 0.294 e. The van der Waals surface area contributed by atoms with Gasteiger partial charge in [0.25, 0.3) is 0 Å². The van der Waals surface area contributed by atoms with Crippen molar-refractivity contribution in [3.63, 3.8) is 0 Å². The Morgan fingerprint density at radius 3 is 2.76 bits per heavy atom. The van der Waals surface area contributed by atoms with Gasteiger partial charge in [-0.25, -0.2) is 9.67 Å². The minimum absolute atomic E-state index is 0.412. The summed E-state index contributed by atoms with van der Waals surface area (Å²) in [6, 6.07) is 0.412. The van der Waals surface area contributed by atoms with Crippen LogP contribution in [0.4, 0.5) is 0 Å². The van der Waals surface area contributed by atoms with Crippen LogP contribution >= 0.6 is 0 Å². The Morgan fingerprint density at radius 2 is 2.06 bits per heavy atom. The van der Waals surface area contributed by atoms with E-state index in [-0.39, 0.29) is 0 Å². The molecule has 1 atom stereocenters. The van der Waals surface area contributed by atoms with Crippen LogP contribution in [0.3, 0.4) is 0 Å². The molecular weight excluding hydrogens is 212 g/mol. The zero-order valence-corrected chi connectivity index (χ0v) is 11.1. The molecule has 17 heavy (non-hydrogen) atoms. The summed E-state index contributed by atoms with van der Waals surface area (Å²) in [5.41, 5.74) is 0. The number of hydrogen-bond donors (Lipinski definition) is 0. The van der Waals surface area contributed by atoms with Gasteiger partial charge in [-0.15, -0.1) is 0 Å². The fourth-order valence-electron chi connectivity index (χ4n) is 2.55. The molecule has 0 amide bonds. The van der Waals surface area contributed by atoms with E-state index in [0.717, 1.165) is 12.4 Å². The molecule has 2 heterocycles. The maximum Gasteiger partial charge on any atom is 0.143 e. The van der Waals surface area contributed by atoms with Crippen LogP contribution in [0.5, 0.6) is 0 Å². The molecule has 4 nitrogen and oxygen atoms in total. The Hall–Kier alpha value is -0.900. The highest BCUT2D eigenvalue weighted by atomic mass is 15.4. The highest BCUT2D eigenvalue weighted by molar-refractivity contribution is 4.94. The van der Waals surface area contributed by atoms with Crippen molar-refractivity contribution >= 4 is 0 Å². The van der Waals surface area contributed by atoms with Crippen molar-refractivity contribution in [2.24, 2.45) is 0 Å². The molecule has 0 aliphatic carbocycles. The molecule has 1 fully saturated rings. The Labute approximate surface area is 104 Å². The summed E-state index contributed by atoms with van der Waals surface area (Å²) in [7, 11) is 0. The number of piperidine rings is 1. The van der Waals surface area contributed by atoms with Gasteiger partial charge < -0.3 is 0 Å². The van der Waals surface area contributed by atoms with Crippen LogP contribution in [0.1, 0.15) is 57.8 Å². The van der Waals surface area contributed by atoms with E-state index in [2.05, 4.69) is 33.5 Å². The Balaban J connectivity index is 2.01. The van der Waals surface area contributed by atoms with Crippen LogP contribution in [0.25, 0.3) is 0 Å². The maximum absolute atomic E-state index is 4.45. The van der Waals surface area contributed by atoms with E-state index in [1.54, 1.807) is 6.33 Å². The van der Waals surface area contributed by atoms with E-state index in [1.807, 2.05) is 0 Å². The third-order valence-corrected chi connectivity index (χ3v) is 3.68. The topological polar surface area (TPSA) is 34.0 Å². The summed E-state index contributed by atoms with van der Waals surface area (Å²) < 4.78 is 2.09. The Kier molecular flexibility index (Phi) is 4.54. The lowest BCUT2D eigenvalue weighted by molar-refractivity contribution is 0.164. The molecular formula is C13H24N4. The van der Waals surface area contributed by atoms with E-state index in [0.29, 0.717) is 6.04 Å². The van der Waals surface area contributed by atoms with Gasteiger partial charge in [-0.1, -0.05) is 19.8 Å². The minimum atomic E-state index is 0.412.